The first-order valence-electron chi connectivity index (χ1n) is 11.0. The van der Waals surface area contributed by atoms with Gasteiger partial charge < -0.3 is 10.3 Å². The lowest BCUT2D eigenvalue weighted by Gasteiger charge is -2.46. The summed E-state index contributed by atoms with van der Waals surface area (Å²) in [5.74, 6) is -0.125. The number of fused-ring (bicyclic) bond motifs is 2. The Morgan fingerprint density at radius 3 is 2.90 bits per heavy atom. The molecule has 156 valence electrons. The lowest BCUT2D eigenvalue weighted by molar-refractivity contribution is -0.122. The second-order valence-electron chi connectivity index (χ2n) is 8.80. The minimum absolute atomic E-state index is 0.0108. The number of amides is 1. The van der Waals surface area contributed by atoms with E-state index in [0.717, 1.165) is 32.4 Å². The second-order valence-corrected chi connectivity index (χ2v) is 8.80. The van der Waals surface area contributed by atoms with Crippen LogP contribution in [0.4, 0.5) is 10.1 Å². The molecule has 3 aromatic rings. The number of halogens is 1. The SMILES string of the molecule is CCCN1C[C@H](C(=O)Nc2cccc(F)c2)C[C@@H]2c3cccc4[nH]c(C)c(c34)C[C@H]21. The maximum Gasteiger partial charge on any atom is 0.228 e. The Labute approximate surface area is 176 Å². The molecule has 0 saturated carbocycles. The number of H-pyrrole nitrogens is 1. The summed E-state index contributed by atoms with van der Waals surface area (Å²) >= 11 is 0. The van der Waals surface area contributed by atoms with Crippen LogP contribution in [-0.4, -0.2) is 34.9 Å². The van der Waals surface area contributed by atoms with Crippen LogP contribution in [0.1, 0.15) is 42.5 Å². The summed E-state index contributed by atoms with van der Waals surface area (Å²) in [4.78, 5) is 19.2. The maximum absolute atomic E-state index is 13.6. The van der Waals surface area contributed by atoms with Crippen LogP contribution in [0.25, 0.3) is 10.9 Å². The summed E-state index contributed by atoms with van der Waals surface area (Å²) in [6, 6.07) is 13.1. The third-order valence-corrected chi connectivity index (χ3v) is 6.89. The van der Waals surface area contributed by atoms with Crippen molar-refractivity contribution in [3.8, 4) is 0 Å². The number of anilines is 1. The van der Waals surface area contributed by atoms with Crippen molar-refractivity contribution in [3.63, 3.8) is 0 Å². The van der Waals surface area contributed by atoms with Gasteiger partial charge in [0.25, 0.3) is 0 Å². The summed E-state index contributed by atoms with van der Waals surface area (Å²) in [5.41, 5.74) is 5.79. The molecule has 2 aromatic carbocycles. The highest BCUT2D eigenvalue weighted by Gasteiger charge is 2.42. The fraction of sp³-hybridized carbons (Fsp3) is 0.400. The van der Waals surface area contributed by atoms with Gasteiger partial charge in [-0.1, -0.05) is 25.1 Å². The summed E-state index contributed by atoms with van der Waals surface area (Å²) in [7, 11) is 0. The highest BCUT2D eigenvalue weighted by Crippen LogP contribution is 2.45. The molecule has 5 rings (SSSR count). The molecule has 1 amide bonds. The molecule has 1 saturated heterocycles. The topological polar surface area (TPSA) is 48.1 Å². The van der Waals surface area contributed by atoms with E-state index in [2.05, 4.69) is 47.2 Å². The van der Waals surface area contributed by atoms with Crippen molar-refractivity contribution >= 4 is 22.5 Å². The monoisotopic (exact) mass is 405 g/mol. The molecule has 0 bridgehead atoms. The lowest BCUT2D eigenvalue weighted by atomic mass is 9.71. The van der Waals surface area contributed by atoms with Crippen molar-refractivity contribution in [3.05, 3.63) is 65.1 Å². The van der Waals surface area contributed by atoms with Gasteiger partial charge in [0.05, 0.1) is 5.92 Å². The van der Waals surface area contributed by atoms with Gasteiger partial charge in [-0.15, -0.1) is 0 Å². The van der Waals surface area contributed by atoms with E-state index in [4.69, 9.17) is 0 Å². The van der Waals surface area contributed by atoms with Gasteiger partial charge in [-0.05, 0) is 68.1 Å². The van der Waals surface area contributed by atoms with E-state index in [1.807, 2.05) is 0 Å². The smallest absolute Gasteiger partial charge is 0.228 e. The molecular formula is C25H28FN3O. The zero-order valence-corrected chi connectivity index (χ0v) is 17.5. The average molecular weight is 406 g/mol. The first kappa shape index (κ1) is 19.3. The van der Waals surface area contributed by atoms with Gasteiger partial charge in [-0.2, -0.15) is 0 Å². The Balaban J connectivity index is 1.48. The van der Waals surface area contributed by atoms with Crippen molar-refractivity contribution in [2.75, 3.05) is 18.4 Å². The summed E-state index contributed by atoms with van der Waals surface area (Å²) in [6.07, 6.45) is 2.92. The predicted octanol–water partition coefficient (Wildman–Crippen LogP) is 4.99. The largest absolute Gasteiger partial charge is 0.358 e. The van der Waals surface area contributed by atoms with Crippen LogP contribution in [0.15, 0.2) is 42.5 Å². The van der Waals surface area contributed by atoms with E-state index in [1.54, 1.807) is 12.1 Å². The molecule has 0 radical (unpaired) electrons. The Morgan fingerprint density at radius 2 is 2.10 bits per heavy atom. The zero-order valence-electron chi connectivity index (χ0n) is 17.5. The molecule has 1 aliphatic carbocycles. The van der Waals surface area contributed by atoms with Crippen molar-refractivity contribution in [2.24, 2.45) is 5.92 Å². The second kappa shape index (κ2) is 7.55. The van der Waals surface area contributed by atoms with Gasteiger partial charge in [-0.3, -0.25) is 9.69 Å². The number of hydrogen-bond acceptors (Lipinski definition) is 2. The van der Waals surface area contributed by atoms with Crippen molar-refractivity contribution in [2.45, 2.75) is 45.1 Å². The first-order chi connectivity index (χ1) is 14.5. The van der Waals surface area contributed by atoms with Gasteiger partial charge >= 0.3 is 0 Å². The molecule has 1 fully saturated rings. The number of nitrogens with one attached hydrogen (secondary N) is 2. The Bertz CT molecular complexity index is 1100. The quantitative estimate of drug-likeness (QED) is 0.642. The number of benzene rings is 2. The van der Waals surface area contributed by atoms with E-state index in [-0.39, 0.29) is 17.6 Å². The summed E-state index contributed by atoms with van der Waals surface area (Å²) < 4.78 is 13.6. The summed E-state index contributed by atoms with van der Waals surface area (Å²) in [5, 5.41) is 4.31. The van der Waals surface area contributed by atoms with E-state index in [9.17, 15) is 9.18 Å². The molecule has 1 aromatic heterocycles. The van der Waals surface area contributed by atoms with Crippen LogP contribution in [0.5, 0.6) is 0 Å². The molecule has 2 aliphatic rings. The van der Waals surface area contributed by atoms with E-state index in [0.29, 0.717) is 17.6 Å². The number of rotatable bonds is 4. The highest BCUT2D eigenvalue weighted by molar-refractivity contribution is 5.93. The van der Waals surface area contributed by atoms with Crippen LogP contribution in [0.2, 0.25) is 0 Å². The van der Waals surface area contributed by atoms with Crippen molar-refractivity contribution in [1.82, 2.24) is 9.88 Å². The number of nitrogens with zero attached hydrogens (tertiary/aromatic N) is 1. The molecule has 0 unspecified atom stereocenters. The van der Waals surface area contributed by atoms with Crippen LogP contribution >= 0.6 is 0 Å². The number of aromatic amines is 1. The lowest BCUT2D eigenvalue weighted by Crippen LogP contribution is -2.52. The molecule has 30 heavy (non-hydrogen) atoms. The molecule has 2 heterocycles. The Hall–Kier alpha value is -2.66. The maximum atomic E-state index is 13.6. The highest BCUT2D eigenvalue weighted by atomic mass is 19.1. The zero-order chi connectivity index (χ0) is 20.8. The fourth-order valence-electron chi connectivity index (χ4n) is 5.61. The average Bonchev–Trinajstić information content (AvgIpc) is 3.05. The van der Waals surface area contributed by atoms with Gasteiger partial charge in [0.2, 0.25) is 5.91 Å². The molecule has 0 spiro atoms. The van der Waals surface area contributed by atoms with Crippen molar-refractivity contribution < 1.29 is 9.18 Å². The van der Waals surface area contributed by atoms with Crippen molar-refractivity contribution in [1.29, 1.82) is 0 Å². The standard InChI is InChI=1S/C25H28FN3O/c1-3-10-29-14-16(25(30)28-18-7-4-6-17(26)12-18)11-21-19-8-5-9-22-24(19)20(13-23(21)29)15(2)27-22/h4-9,12,16,21,23,27H,3,10-11,13-14H2,1-2H3,(H,28,30)/t16-,21-,23-/m1/s1. The third kappa shape index (κ3) is 3.21. The predicted molar refractivity (Wildman–Crippen MR) is 118 cm³/mol. The first-order valence-corrected chi connectivity index (χ1v) is 11.0. The fourth-order valence-corrected chi connectivity index (χ4v) is 5.61. The number of carbonyl (C=O) groups excluding carboxylic acids is 1. The Morgan fingerprint density at radius 1 is 1.27 bits per heavy atom. The molecule has 3 atom stereocenters. The number of likely N-dealkylation sites (tertiary alicyclic amines) is 1. The number of aryl methyl sites for hydroxylation is 1. The number of piperidine rings is 1. The molecule has 4 nitrogen and oxygen atoms in total. The number of hydrogen-bond donors (Lipinski definition) is 2. The molecule has 1 aliphatic heterocycles. The van der Waals surface area contributed by atoms with Gasteiger partial charge in [0.15, 0.2) is 0 Å². The van der Waals surface area contributed by atoms with Crippen LogP contribution in [-0.2, 0) is 11.2 Å². The van der Waals surface area contributed by atoms with E-state index >= 15 is 0 Å². The number of aromatic nitrogens is 1. The minimum Gasteiger partial charge on any atom is -0.358 e. The summed E-state index contributed by atoms with van der Waals surface area (Å²) in [6.45, 7) is 6.11. The van der Waals surface area contributed by atoms with Gasteiger partial charge in [0, 0.05) is 40.8 Å². The molecular weight excluding hydrogens is 377 g/mol. The van der Waals surface area contributed by atoms with Gasteiger partial charge in [-0.25, -0.2) is 4.39 Å². The van der Waals surface area contributed by atoms with Crippen LogP contribution < -0.4 is 5.32 Å². The van der Waals surface area contributed by atoms with Gasteiger partial charge in [0.1, 0.15) is 5.82 Å². The Kier molecular flexibility index (Phi) is 4.86. The normalized spacial score (nSPS) is 23.4. The van der Waals surface area contributed by atoms with E-state index in [1.165, 1.54) is 39.9 Å². The molecule has 5 heteroatoms. The number of carbonyl (C=O) groups is 1. The van der Waals surface area contributed by atoms with E-state index < -0.39 is 0 Å². The molecule has 2 N–H and O–H groups in total. The van der Waals surface area contributed by atoms with Crippen LogP contribution in [0.3, 0.4) is 0 Å². The van der Waals surface area contributed by atoms with Crippen LogP contribution in [0, 0.1) is 18.7 Å². The third-order valence-electron chi connectivity index (χ3n) is 6.89. The minimum atomic E-state index is -0.335.